The monoisotopic (exact) mass is 503 g/mol. The molecule has 0 fully saturated rings. The van der Waals surface area contributed by atoms with Crippen molar-refractivity contribution < 1.29 is 27.8 Å². The number of aryl methyl sites for hydroxylation is 2. The van der Waals surface area contributed by atoms with E-state index < -0.39 is 6.29 Å². The van der Waals surface area contributed by atoms with Crippen molar-refractivity contribution in [2.45, 2.75) is 19.8 Å². The Balaban J connectivity index is 1.67. The number of ether oxygens (including phenoxy) is 2. The maximum Gasteiger partial charge on any atom is 0.586 e. The van der Waals surface area contributed by atoms with Crippen molar-refractivity contribution in [3.63, 3.8) is 0 Å². The summed E-state index contributed by atoms with van der Waals surface area (Å²) in [5, 5.41) is 13.8. The summed E-state index contributed by atoms with van der Waals surface area (Å²) in [6.07, 6.45) is -3.70. The van der Waals surface area contributed by atoms with E-state index in [1.807, 2.05) is 18.2 Å². The molecule has 2 aromatic heterocycles. The first-order valence-corrected chi connectivity index (χ1v) is 10.3. The predicted molar refractivity (Wildman–Crippen MR) is 114 cm³/mol. The summed E-state index contributed by atoms with van der Waals surface area (Å²) in [4.78, 5) is 4.50. The van der Waals surface area contributed by atoms with Crippen LogP contribution in [-0.2, 0) is 13.7 Å². The number of halogens is 3. The Morgan fingerprint density at radius 2 is 1.84 bits per heavy atom. The number of aliphatic hydroxyl groups excluding tert-OH is 1. The largest absolute Gasteiger partial charge is 0.586 e. The Labute approximate surface area is 189 Å². The standard InChI is InChI=1S/C22H16BrF2N3O4/c1-11-26-20(12-3-6-18-19(7-12)32-22(24,25)31-18)21(30-11)16-8-13(23)4-5-15(16)17-9-14(10-29)27-28(17)2/h3-9,29H,10H2,1-2H3. The van der Waals surface area contributed by atoms with Crippen molar-refractivity contribution in [2.24, 2.45) is 7.05 Å². The Hall–Kier alpha value is -3.24. The number of alkyl halides is 2. The zero-order valence-electron chi connectivity index (χ0n) is 16.9. The molecule has 0 radical (unpaired) electrons. The molecule has 0 aliphatic carbocycles. The van der Waals surface area contributed by atoms with Gasteiger partial charge in [-0.15, -0.1) is 8.78 Å². The maximum absolute atomic E-state index is 13.5. The van der Waals surface area contributed by atoms with E-state index in [4.69, 9.17) is 4.42 Å². The van der Waals surface area contributed by atoms with Crippen LogP contribution in [0.25, 0.3) is 33.8 Å². The highest BCUT2D eigenvalue weighted by molar-refractivity contribution is 9.10. The van der Waals surface area contributed by atoms with E-state index in [1.54, 1.807) is 30.8 Å². The fraction of sp³-hybridized carbons (Fsp3) is 0.182. The summed E-state index contributed by atoms with van der Waals surface area (Å²) < 4.78 is 44.5. The van der Waals surface area contributed by atoms with Crippen LogP contribution in [0.2, 0.25) is 0 Å². The van der Waals surface area contributed by atoms with Gasteiger partial charge in [-0.1, -0.05) is 22.0 Å². The van der Waals surface area contributed by atoms with Crippen LogP contribution < -0.4 is 9.47 Å². The van der Waals surface area contributed by atoms with Crippen molar-refractivity contribution in [2.75, 3.05) is 0 Å². The number of hydrogen-bond donors (Lipinski definition) is 1. The maximum atomic E-state index is 13.5. The lowest BCUT2D eigenvalue weighted by Gasteiger charge is -2.10. The first kappa shape index (κ1) is 20.7. The van der Waals surface area contributed by atoms with Gasteiger partial charge < -0.3 is 19.0 Å². The summed E-state index contributed by atoms with van der Waals surface area (Å²) >= 11 is 3.50. The second-order valence-corrected chi connectivity index (χ2v) is 8.15. The third-order valence-electron chi connectivity index (χ3n) is 5.00. The predicted octanol–water partition coefficient (Wildman–Crippen LogP) is 5.29. The van der Waals surface area contributed by atoms with Gasteiger partial charge in [0.15, 0.2) is 23.1 Å². The van der Waals surface area contributed by atoms with Gasteiger partial charge >= 0.3 is 6.29 Å². The van der Waals surface area contributed by atoms with Crippen molar-refractivity contribution in [3.05, 3.63) is 58.5 Å². The Kier molecular flexibility index (Phi) is 4.79. The molecule has 3 heterocycles. The first-order chi connectivity index (χ1) is 15.2. The molecule has 0 spiro atoms. The van der Waals surface area contributed by atoms with E-state index in [2.05, 4.69) is 35.5 Å². The number of aromatic nitrogens is 3. The average Bonchev–Trinajstić information content (AvgIpc) is 3.40. The molecule has 0 bridgehead atoms. The minimum absolute atomic E-state index is 0.0462. The van der Waals surface area contributed by atoms with Crippen LogP contribution in [0.1, 0.15) is 11.6 Å². The molecule has 1 N–H and O–H groups in total. The van der Waals surface area contributed by atoms with Crippen molar-refractivity contribution >= 4 is 15.9 Å². The van der Waals surface area contributed by atoms with Gasteiger partial charge in [0, 0.05) is 35.1 Å². The minimum Gasteiger partial charge on any atom is -0.440 e. The molecule has 1 aliphatic heterocycles. The van der Waals surface area contributed by atoms with Gasteiger partial charge in [0.25, 0.3) is 0 Å². The van der Waals surface area contributed by atoms with Crippen LogP contribution in [0, 0.1) is 6.92 Å². The number of nitrogens with zero attached hydrogens (tertiary/aromatic N) is 3. The third kappa shape index (κ3) is 3.55. The minimum atomic E-state index is -3.70. The van der Waals surface area contributed by atoms with Crippen LogP contribution in [-0.4, -0.2) is 26.2 Å². The lowest BCUT2D eigenvalue weighted by Crippen LogP contribution is -2.25. The number of fused-ring (bicyclic) bond motifs is 1. The van der Waals surface area contributed by atoms with Gasteiger partial charge in [0.05, 0.1) is 18.0 Å². The smallest absolute Gasteiger partial charge is 0.440 e. The fourth-order valence-corrected chi connectivity index (χ4v) is 4.05. The molecule has 7 nitrogen and oxygen atoms in total. The highest BCUT2D eigenvalue weighted by Crippen LogP contribution is 2.45. The SMILES string of the molecule is Cc1nc(-c2ccc3c(c2)OC(F)(F)O3)c(-c2cc(Br)ccc2-c2cc(CO)nn2C)o1. The Morgan fingerprint density at radius 1 is 1.06 bits per heavy atom. The van der Waals surface area contributed by atoms with Gasteiger partial charge in [-0.05, 0) is 36.4 Å². The van der Waals surface area contributed by atoms with Crippen LogP contribution >= 0.6 is 15.9 Å². The summed E-state index contributed by atoms with van der Waals surface area (Å²) in [6.45, 7) is 1.52. The average molecular weight is 504 g/mol. The normalized spacial score (nSPS) is 14.2. The molecular weight excluding hydrogens is 488 g/mol. The van der Waals surface area contributed by atoms with Gasteiger partial charge in [-0.2, -0.15) is 5.10 Å². The van der Waals surface area contributed by atoms with Crippen molar-refractivity contribution in [1.29, 1.82) is 0 Å². The molecule has 0 amide bonds. The molecule has 164 valence electrons. The number of oxazole rings is 1. The van der Waals surface area contributed by atoms with E-state index in [1.165, 1.54) is 12.1 Å². The fourth-order valence-electron chi connectivity index (χ4n) is 3.69. The van der Waals surface area contributed by atoms with Crippen molar-refractivity contribution in [1.82, 2.24) is 14.8 Å². The number of benzene rings is 2. The summed E-state index contributed by atoms with van der Waals surface area (Å²) in [7, 11) is 1.78. The molecule has 5 rings (SSSR count). The molecule has 0 unspecified atom stereocenters. The van der Waals surface area contributed by atoms with Crippen LogP contribution in [0.4, 0.5) is 8.78 Å². The molecular formula is C22H16BrF2N3O4. The van der Waals surface area contributed by atoms with E-state index in [0.29, 0.717) is 34.2 Å². The van der Waals surface area contributed by atoms with Gasteiger partial charge in [-0.3, -0.25) is 4.68 Å². The Bertz CT molecular complexity index is 1350. The highest BCUT2D eigenvalue weighted by atomic mass is 79.9. The third-order valence-corrected chi connectivity index (χ3v) is 5.50. The van der Waals surface area contributed by atoms with Gasteiger partial charge in [-0.25, -0.2) is 4.98 Å². The van der Waals surface area contributed by atoms with E-state index in [9.17, 15) is 13.9 Å². The van der Waals surface area contributed by atoms with Crippen LogP contribution in [0.5, 0.6) is 11.5 Å². The molecule has 0 saturated carbocycles. The summed E-state index contributed by atoms with van der Waals surface area (Å²) in [6, 6.07) is 11.9. The zero-order chi connectivity index (χ0) is 22.6. The lowest BCUT2D eigenvalue weighted by molar-refractivity contribution is -0.286. The number of aliphatic hydroxyl groups is 1. The molecule has 0 atom stereocenters. The number of hydrogen-bond acceptors (Lipinski definition) is 6. The van der Waals surface area contributed by atoms with Gasteiger partial charge in [0.1, 0.15) is 5.69 Å². The van der Waals surface area contributed by atoms with E-state index in [-0.39, 0.29) is 18.1 Å². The topological polar surface area (TPSA) is 82.5 Å². The van der Waals surface area contributed by atoms with Crippen molar-refractivity contribution in [3.8, 4) is 45.3 Å². The number of rotatable bonds is 4. The highest BCUT2D eigenvalue weighted by Gasteiger charge is 2.43. The quantitative estimate of drug-likeness (QED) is 0.407. The van der Waals surface area contributed by atoms with E-state index in [0.717, 1.165) is 15.7 Å². The molecule has 10 heteroatoms. The Morgan fingerprint density at radius 3 is 2.59 bits per heavy atom. The first-order valence-electron chi connectivity index (χ1n) is 9.56. The van der Waals surface area contributed by atoms with Gasteiger partial charge in [0.2, 0.25) is 0 Å². The van der Waals surface area contributed by atoms with E-state index >= 15 is 0 Å². The lowest BCUT2D eigenvalue weighted by atomic mass is 9.98. The molecule has 4 aromatic rings. The van der Waals surface area contributed by atoms with Crippen LogP contribution in [0.15, 0.2) is 51.4 Å². The molecule has 2 aromatic carbocycles. The summed E-state index contributed by atoms with van der Waals surface area (Å²) in [5.41, 5.74) is 3.80. The molecule has 0 saturated heterocycles. The summed E-state index contributed by atoms with van der Waals surface area (Å²) in [5.74, 6) is 0.740. The zero-order valence-corrected chi connectivity index (χ0v) is 18.5. The molecule has 1 aliphatic rings. The second-order valence-electron chi connectivity index (χ2n) is 7.23. The molecule has 32 heavy (non-hydrogen) atoms. The van der Waals surface area contributed by atoms with Crippen LogP contribution in [0.3, 0.4) is 0 Å². The second kappa shape index (κ2) is 7.42.